The first-order valence-corrected chi connectivity index (χ1v) is 9.23. The number of hydrogen-bond donors (Lipinski definition) is 2. The van der Waals surface area contributed by atoms with Crippen LogP contribution < -0.4 is 11.5 Å². The number of hydrogen-bond acceptors (Lipinski definition) is 4. The van der Waals surface area contributed by atoms with Crippen molar-refractivity contribution in [3.05, 3.63) is 83.6 Å². The van der Waals surface area contributed by atoms with Crippen LogP contribution in [-0.2, 0) is 13.0 Å². The third-order valence-electron chi connectivity index (χ3n) is 4.81. The summed E-state index contributed by atoms with van der Waals surface area (Å²) in [5.74, 6) is -1.77. The molecule has 0 saturated carbocycles. The first kappa shape index (κ1) is 19.3. The quantitative estimate of drug-likeness (QED) is 0.515. The Morgan fingerprint density at radius 2 is 1.83 bits per heavy atom. The molecule has 0 unspecified atom stereocenters. The number of benzene rings is 2. The molecule has 8 heteroatoms. The molecular formula is C22H18FN5O2. The van der Waals surface area contributed by atoms with Crippen molar-refractivity contribution in [2.75, 3.05) is 0 Å². The number of para-hydroxylation sites is 1. The van der Waals surface area contributed by atoms with Gasteiger partial charge in [0.2, 0.25) is 5.91 Å². The van der Waals surface area contributed by atoms with E-state index in [0.717, 1.165) is 5.56 Å². The molecule has 2 heterocycles. The zero-order valence-corrected chi connectivity index (χ0v) is 15.9. The summed E-state index contributed by atoms with van der Waals surface area (Å²) in [5, 5.41) is 4.83. The molecular weight excluding hydrogens is 385 g/mol. The predicted octanol–water partition coefficient (Wildman–Crippen LogP) is 2.68. The minimum Gasteiger partial charge on any atom is -0.366 e. The standard InChI is InChI=1S/C22H18FN5O2/c23-15-5-3-4-13(10-15)8-9-28-12-14(11-26-28)18-19(21(24)29)16-6-1-2-7-17(16)27-20(18)22(25)30/h1-7,10-12H,8-9H2,(H2,24,29)(H2,25,30). The van der Waals surface area contributed by atoms with Crippen molar-refractivity contribution in [2.45, 2.75) is 13.0 Å². The zero-order chi connectivity index (χ0) is 21.3. The van der Waals surface area contributed by atoms with E-state index in [4.69, 9.17) is 11.5 Å². The lowest BCUT2D eigenvalue weighted by Gasteiger charge is -2.12. The molecule has 0 aliphatic heterocycles. The molecule has 30 heavy (non-hydrogen) atoms. The van der Waals surface area contributed by atoms with Crippen LogP contribution in [0.4, 0.5) is 4.39 Å². The number of fused-ring (bicyclic) bond motifs is 1. The number of carbonyl (C=O) groups is 2. The number of pyridine rings is 1. The molecule has 4 rings (SSSR count). The molecule has 4 N–H and O–H groups in total. The fraction of sp³-hybridized carbons (Fsp3) is 0.0909. The third kappa shape index (κ3) is 3.62. The molecule has 150 valence electrons. The SMILES string of the molecule is NC(=O)c1nc2ccccc2c(C(N)=O)c1-c1cnn(CCc2cccc(F)c2)c1. The van der Waals surface area contributed by atoms with Gasteiger partial charge in [-0.2, -0.15) is 5.10 Å². The summed E-state index contributed by atoms with van der Waals surface area (Å²) >= 11 is 0. The van der Waals surface area contributed by atoms with Gasteiger partial charge in [0.1, 0.15) is 11.5 Å². The number of nitrogens with two attached hydrogens (primary N) is 2. The molecule has 4 aromatic rings. The molecule has 0 spiro atoms. The first-order valence-electron chi connectivity index (χ1n) is 9.23. The fourth-order valence-electron chi connectivity index (χ4n) is 3.48. The fourth-order valence-corrected chi connectivity index (χ4v) is 3.48. The van der Waals surface area contributed by atoms with E-state index in [2.05, 4.69) is 10.1 Å². The molecule has 0 aliphatic carbocycles. The monoisotopic (exact) mass is 403 g/mol. The van der Waals surface area contributed by atoms with Crippen LogP contribution in [0, 0.1) is 5.82 Å². The number of amides is 2. The number of aryl methyl sites for hydroxylation is 2. The summed E-state index contributed by atoms with van der Waals surface area (Å²) in [6, 6.07) is 13.2. The van der Waals surface area contributed by atoms with Crippen molar-refractivity contribution >= 4 is 22.7 Å². The third-order valence-corrected chi connectivity index (χ3v) is 4.81. The summed E-state index contributed by atoms with van der Waals surface area (Å²) in [7, 11) is 0. The largest absolute Gasteiger partial charge is 0.366 e. The van der Waals surface area contributed by atoms with Crippen molar-refractivity contribution in [3.63, 3.8) is 0 Å². The summed E-state index contributed by atoms with van der Waals surface area (Å²) in [4.78, 5) is 28.8. The average Bonchev–Trinajstić information content (AvgIpc) is 3.19. The summed E-state index contributed by atoms with van der Waals surface area (Å²) in [5.41, 5.74) is 13.4. The maximum absolute atomic E-state index is 13.4. The van der Waals surface area contributed by atoms with Crippen LogP contribution in [0.1, 0.15) is 26.4 Å². The highest BCUT2D eigenvalue weighted by Gasteiger charge is 2.24. The second-order valence-electron chi connectivity index (χ2n) is 6.83. The van der Waals surface area contributed by atoms with Crippen molar-refractivity contribution in [1.29, 1.82) is 0 Å². The topological polar surface area (TPSA) is 117 Å². The molecule has 2 amide bonds. The summed E-state index contributed by atoms with van der Waals surface area (Å²) < 4.78 is 15.0. The minimum absolute atomic E-state index is 0.0489. The van der Waals surface area contributed by atoms with Crippen molar-refractivity contribution in [3.8, 4) is 11.1 Å². The molecule has 2 aromatic carbocycles. The van der Waals surface area contributed by atoms with Crippen LogP contribution in [-0.4, -0.2) is 26.6 Å². The Morgan fingerprint density at radius 1 is 1.03 bits per heavy atom. The molecule has 0 atom stereocenters. The van der Waals surface area contributed by atoms with Crippen molar-refractivity contribution in [1.82, 2.24) is 14.8 Å². The lowest BCUT2D eigenvalue weighted by Crippen LogP contribution is -2.20. The molecule has 0 aliphatic rings. The smallest absolute Gasteiger partial charge is 0.267 e. The van der Waals surface area contributed by atoms with Gasteiger partial charge >= 0.3 is 0 Å². The Hall–Kier alpha value is -4.07. The number of halogens is 1. The van der Waals surface area contributed by atoms with E-state index in [-0.39, 0.29) is 22.6 Å². The van der Waals surface area contributed by atoms with Crippen LogP contribution in [0.15, 0.2) is 60.9 Å². The molecule has 7 nitrogen and oxygen atoms in total. The van der Waals surface area contributed by atoms with Gasteiger partial charge in [0, 0.05) is 29.3 Å². The molecule has 2 aromatic heterocycles. The van der Waals surface area contributed by atoms with Gasteiger partial charge in [-0.1, -0.05) is 30.3 Å². The molecule has 0 fully saturated rings. The van der Waals surface area contributed by atoms with Crippen LogP contribution in [0.5, 0.6) is 0 Å². The van der Waals surface area contributed by atoms with Gasteiger partial charge in [0.05, 0.1) is 17.3 Å². The highest BCUT2D eigenvalue weighted by atomic mass is 19.1. The van der Waals surface area contributed by atoms with E-state index in [1.54, 1.807) is 41.2 Å². The Kier molecular flexibility index (Phi) is 4.97. The van der Waals surface area contributed by atoms with E-state index in [9.17, 15) is 14.0 Å². The van der Waals surface area contributed by atoms with Gasteiger partial charge in [-0.15, -0.1) is 0 Å². The van der Waals surface area contributed by atoms with Crippen molar-refractivity contribution < 1.29 is 14.0 Å². The van der Waals surface area contributed by atoms with Crippen LogP contribution in [0.25, 0.3) is 22.0 Å². The van der Waals surface area contributed by atoms with E-state index in [1.807, 2.05) is 6.07 Å². The first-order chi connectivity index (χ1) is 14.4. The minimum atomic E-state index is -0.772. The lowest BCUT2D eigenvalue weighted by atomic mass is 9.95. The Labute approximate surface area is 171 Å². The number of carbonyl (C=O) groups excluding carboxylic acids is 2. The number of primary amides is 2. The molecule has 0 bridgehead atoms. The van der Waals surface area contributed by atoms with Gasteiger partial charge in [0.15, 0.2) is 0 Å². The Balaban J connectivity index is 1.77. The highest BCUT2D eigenvalue weighted by molar-refractivity contribution is 6.15. The maximum atomic E-state index is 13.4. The van der Waals surface area contributed by atoms with Gasteiger partial charge in [-0.25, -0.2) is 9.37 Å². The maximum Gasteiger partial charge on any atom is 0.267 e. The van der Waals surface area contributed by atoms with Gasteiger partial charge in [-0.05, 0) is 30.2 Å². The second-order valence-corrected chi connectivity index (χ2v) is 6.83. The van der Waals surface area contributed by atoms with E-state index in [1.165, 1.54) is 18.3 Å². The number of nitrogens with zero attached hydrogens (tertiary/aromatic N) is 3. The normalized spacial score (nSPS) is 11.0. The Morgan fingerprint density at radius 3 is 2.57 bits per heavy atom. The average molecular weight is 403 g/mol. The number of aromatic nitrogens is 3. The second kappa shape index (κ2) is 7.75. The van der Waals surface area contributed by atoms with E-state index >= 15 is 0 Å². The highest BCUT2D eigenvalue weighted by Crippen LogP contribution is 2.31. The molecule has 0 radical (unpaired) electrons. The zero-order valence-electron chi connectivity index (χ0n) is 15.9. The van der Waals surface area contributed by atoms with Crippen LogP contribution in [0.3, 0.4) is 0 Å². The lowest BCUT2D eigenvalue weighted by molar-refractivity contribution is 0.0996. The Bertz CT molecular complexity index is 1280. The molecule has 0 saturated heterocycles. The van der Waals surface area contributed by atoms with Crippen LogP contribution >= 0.6 is 0 Å². The van der Waals surface area contributed by atoms with Gasteiger partial charge in [-0.3, -0.25) is 14.3 Å². The predicted molar refractivity (Wildman–Crippen MR) is 110 cm³/mol. The summed E-state index contributed by atoms with van der Waals surface area (Å²) in [6.07, 6.45) is 3.76. The van der Waals surface area contributed by atoms with Gasteiger partial charge < -0.3 is 11.5 Å². The van der Waals surface area contributed by atoms with Crippen molar-refractivity contribution in [2.24, 2.45) is 11.5 Å². The van der Waals surface area contributed by atoms with E-state index < -0.39 is 11.8 Å². The van der Waals surface area contributed by atoms with Crippen LogP contribution in [0.2, 0.25) is 0 Å². The summed E-state index contributed by atoms with van der Waals surface area (Å²) in [6.45, 7) is 0.474. The van der Waals surface area contributed by atoms with E-state index in [0.29, 0.717) is 29.4 Å². The number of rotatable bonds is 6. The van der Waals surface area contributed by atoms with Gasteiger partial charge in [0.25, 0.3) is 5.91 Å².